The van der Waals surface area contributed by atoms with Crippen molar-refractivity contribution in [2.45, 2.75) is 32.6 Å². The number of phenolic OH excluding ortho intramolecular Hbond substituents is 1. The number of carboxylic acid groups (broad SMARTS) is 1. The average Bonchev–Trinajstić information content (AvgIpc) is 2.93. The molecule has 0 spiro atoms. The maximum atomic E-state index is 10.8. The van der Waals surface area contributed by atoms with Crippen LogP contribution in [0.15, 0.2) is 79.0 Å². The zero-order valence-corrected chi connectivity index (χ0v) is 21.7. The van der Waals surface area contributed by atoms with E-state index in [0.29, 0.717) is 17.7 Å². The van der Waals surface area contributed by atoms with Gasteiger partial charge in [-0.25, -0.2) is 14.6 Å². The third kappa shape index (κ3) is 6.03. The summed E-state index contributed by atoms with van der Waals surface area (Å²) in [6, 6.07) is 23.7. The number of hydrogen-bond donors (Lipinski definition) is 2. The summed E-state index contributed by atoms with van der Waals surface area (Å²) < 4.78 is 4.17. The van der Waals surface area contributed by atoms with Crippen molar-refractivity contribution in [2.75, 3.05) is 6.61 Å². The molecule has 6 rings (SSSR count). The van der Waals surface area contributed by atoms with Gasteiger partial charge in [0.2, 0.25) is 0 Å². The maximum absolute atomic E-state index is 10.8. The van der Waals surface area contributed by atoms with Crippen molar-refractivity contribution in [3.8, 4) is 5.75 Å². The predicted octanol–water partition coefficient (Wildman–Crippen LogP) is 7.89. The Labute approximate surface area is 225 Å². The van der Waals surface area contributed by atoms with Gasteiger partial charge in [-0.15, -0.1) is 0 Å². The third-order valence-electron chi connectivity index (χ3n) is 6.49. The molecule has 194 valence electrons. The lowest BCUT2D eigenvalue weighted by atomic mass is 9.86. The molecule has 0 unspecified atom stereocenters. The number of aromatic hydroxyl groups is 1. The molecule has 0 fully saturated rings. The van der Waals surface area contributed by atoms with Gasteiger partial charge in [0.1, 0.15) is 5.75 Å². The highest BCUT2D eigenvalue weighted by molar-refractivity contribution is 6.61. The predicted molar refractivity (Wildman–Crippen MR) is 151 cm³/mol. The van der Waals surface area contributed by atoms with Crippen LogP contribution in [0.5, 0.6) is 5.75 Å². The van der Waals surface area contributed by atoms with E-state index in [2.05, 4.69) is 27.9 Å². The van der Waals surface area contributed by atoms with Crippen LogP contribution < -0.4 is 0 Å². The Bertz CT molecular complexity index is 1610. The van der Waals surface area contributed by atoms with Gasteiger partial charge in [-0.05, 0) is 77.4 Å². The van der Waals surface area contributed by atoms with E-state index in [9.17, 15) is 14.7 Å². The highest BCUT2D eigenvalue weighted by atomic mass is 35.5. The molecule has 0 atom stereocenters. The Morgan fingerprint density at radius 1 is 0.868 bits per heavy atom. The Morgan fingerprint density at radius 2 is 1.53 bits per heavy atom. The summed E-state index contributed by atoms with van der Waals surface area (Å²) in [7, 11) is 0. The lowest BCUT2D eigenvalue weighted by Gasteiger charge is -2.19. The van der Waals surface area contributed by atoms with Gasteiger partial charge in [0.15, 0.2) is 5.69 Å². The molecule has 1 aromatic heterocycles. The van der Waals surface area contributed by atoms with Crippen LogP contribution in [0.1, 0.15) is 41.4 Å². The molecule has 38 heavy (non-hydrogen) atoms. The average molecular weight is 530 g/mol. The van der Waals surface area contributed by atoms with E-state index in [4.69, 9.17) is 16.7 Å². The first-order valence-electron chi connectivity index (χ1n) is 12.4. The number of carboxylic acids is 1. The van der Waals surface area contributed by atoms with Crippen LogP contribution >= 0.6 is 11.6 Å². The molecule has 5 aromatic rings. The Balaban J connectivity index is 0.000000154. The minimum absolute atomic E-state index is 0.109. The summed E-state index contributed by atoms with van der Waals surface area (Å²) in [5.41, 5.74) is 2.29. The lowest BCUT2D eigenvalue weighted by Crippen LogP contribution is -2.03. The number of benzene rings is 4. The number of phenols is 1. The van der Waals surface area contributed by atoms with Gasteiger partial charge in [0, 0.05) is 28.6 Å². The van der Waals surface area contributed by atoms with Crippen LogP contribution in [0.25, 0.3) is 32.3 Å². The normalized spacial score (nSPS) is 12.1. The molecule has 6 nitrogen and oxygen atoms in total. The van der Waals surface area contributed by atoms with E-state index in [1.54, 1.807) is 25.1 Å². The Kier molecular flexibility index (Phi) is 8.77. The van der Waals surface area contributed by atoms with Crippen LogP contribution in [0.2, 0.25) is 0 Å². The molecular formula is C31H28ClNO5. The molecule has 0 saturated heterocycles. The van der Waals surface area contributed by atoms with Crippen molar-refractivity contribution in [3.63, 3.8) is 0 Å². The summed E-state index contributed by atoms with van der Waals surface area (Å²) in [5, 5.41) is 25.3. The molecule has 7 heteroatoms. The number of halogens is 1. The first-order valence-corrected chi connectivity index (χ1v) is 12.8. The Morgan fingerprint density at radius 3 is 2.21 bits per heavy atom. The van der Waals surface area contributed by atoms with E-state index >= 15 is 0 Å². The third-order valence-corrected chi connectivity index (χ3v) is 6.59. The molecule has 1 heterocycles. The molecule has 0 radical (unpaired) electrons. The number of rotatable bonds is 2. The van der Waals surface area contributed by atoms with E-state index in [1.165, 1.54) is 47.4 Å². The van der Waals surface area contributed by atoms with Gasteiger partial charge in [0.25, 0.3) is 0 Å². The van der Waals surface area contributed by atoms with Crippen molar-refractivity contribution in [1.82, 2.24) is 4.98 Å². The molecule has 2 N–H and O–H groups in total. The number of aromatic carboxylic acids is 1. The number of carbonyl (C=O) groups excluding carboxylic acids is 1. The minimum atomic E-state index is -0.989. The standard InChI is InChI=1S/C18H16O.C10H7NO2.C3H5ClO2/c19-18-11-17-13-6-2-1-5-12(13)9-10-15(17)14-7-3-4-8-16(14)18;12-10(13)9-8-4-2-1-3-7(8)5-6-11-9;1-2-6-3(4)5/h3-4,7-11,19H,1-2,5-6H2;1-6H,(H,12,13);2H2,1H3. The smallest absolute Gasteiger partial charge is 0.403 e. The van der Waals surface area contributed by atoms with Crippen molar-refractivity contribution in [3.05, 3.63) is 95.8 Å². The number of nitrogens with zero attached hydrogens (tertiary/aromatic N) is 1. The van der Waals surface area contributed by atoms with Gasteiger partial charge in [-0.1, -0.05) is 60.7 Å². The first kappa shape index (κ1) is 26.9. The van der Waals surface area contributed by atoms with Crippen LogP contribution in [0.3, 0.4) is 0 Å². The fourth-order valence-electron chi connectivity index (χ4n) is 4.82. The monoisotopic (exact) mass is 529 g/mol. The van der Waals surface area contributed by atoms with Gasteiger partial charge >= 0.3 is 11.4 Å². The van der Waals surface area contributed by atoms with Crippen LogP contribution in [-0.4, -0.2) is 33.2 Å². The second-order valence-electron chi connectivity index (χ2n) is 8.80. The highest BCUT2D eigenvalue weighted by Crippen LogP contribution is 2.37. The first-order chi connectivity index (χ1) is 18.4. The quantitative estimate of drug-likeness (QED) is 0.178. The van der Waals surface area contributed by atoms with Gasteiger partial charge in [0.05, 0.1) is 6.61 Å². The molecular weight excluding hydrogens is 502 g/mol. The number of aromatic nitrogens is 1. The second kappa shape index (κ2) is 12.4. The van der Waals surface area contributed by atoms with E-state index in [-0.39, 0.29) is 5.69 Å². The summed E-state index contributed by atoms with van der Waals surface area (Å²) in [4.78, 5) is 24.1. The molecule has 1 aliphatic rings. The van der Waals surface area contributed by atoms with Crippen LogP contribution in [-0.2, 0) is 17.6 Å². The number of carbonyl (C=O) groups is 2. The van der Waals surface area contributed by atoms with Crippen LogP contribution in [0.4, 0.5) is 4.79 Å². The van der Waals surface area contributed by atoms with Crippen molar-refractivity contribution in [2.24, 2.45) is 0 Å². The van der Waals surface area contributed by atoms with Gasteiger partial charge < -0.3 is 14.9 Å². The number of hydrogen-bond acceptors (Lipinski definition) is 5. The second-order valence-corrected chi connectivity index (χ2v) is 9.11. The zero-order valence-electron chi connectivity index (χ0n) is 21.0. The lowest BCUT2D eigenvalue weighted by molar-refractivity contribution is 0.0693. The maximum Gasteiger partial charge on any atom is 0.403 e. The molecule has 0 saturated carbocycles. The fraction of sp³-hybridized carbons (Fsp3) is 0.194. The summed E-state index contributed by atoms with van der Waals surface area (Å²) in [6.07, 6.45) is 6.38. The summed E-state index contributed by atoms with van der Waals surface area (Å²) in [5.74, 6) is -0.584. The number of pyridine rings is 1. The Hall–Kier alpha value is -4.16. The van der Waals surface area contributed by atoms with E-state index in [1.807, 2.05) is 36.4 Å². The fourth-order valence-corrected chi connectivity index (χ4v) is 4.92. The summed E-state index contributed by atoms with van der Waals surface area (Å²) in [6.45, 7) is 2.04. The number of fused-ring (bicyclic) bond motifs is 6. The largest absolute Gasteiger partial charge is 0.507 e. The highest BCUT2D eigenvalue weighted by Gasteiger charge is 2.15. The molecule has 0 aliphatic heterocycles. The van der Waals surface area contributed by atoms with E-state index < -0.39 is 11.4 Å². The molecule has 1 aliphatic carbocycles. The zero-order chi connectivity index (χ0) is 27.1. The van der Waals surface area contributed by atoms with Crippen molar-refractivity contribution >= 4 is 55.3 Å². The summed E-state index contributed by atoms with van der Waals surface area (Å²) >= 11 is 4.72. The van der Waals surface area contributed by atoms with Gasteiger partial charge in [-0.2, -0.15) is 0 Å². The van der Waals surface area contributed by atoms with Crippen LogP contribution in [0, 0.1) is 0 Å². The SMILES string of the molecule is CCOC(=O)Cl.O=C(O)c1nccc2ccccc12.Oc1cc2c3c(ccc2c2ccccc12)CCCC3. The molecule has 0 amide bonds. The topological polar surface area (TPSA) is 96.7 Å². The van der Waals surface area contributed by atoms with Gasteiger partial charge in [-0.3, -0.25) is 0 Å². The minimum Gasteiger partial charge on any atom is -0.507 e. The molecule has 4 aromatic carbocycles. The number of aryl methyl sites for hydroxylation is 2. The number of ether oxygens (including phenoxy) is 1. The van der Waals surface area contributed by atoms with E-state index in [0.717, 1.165) is 22.6 Å². The van der Waals surface area contributed by atoms with Crippen molar-refractivity contribution < 1.29 is 24.5 Å². The van der Waals surface area contributed by atoms with Crippen molar-refractivity contribution in [1.29, 1.82) is 0 Å². The molecule has 0 bridgehead atoms.